The molecule has 0 spiro atoms. The molecular weight excluding hydrogens is 134 g/mol. The maximum Gasteiger partial charge on any atom is 0.256 e. The lowest BCUT2D eigenvalue weighted by molar-refractivity contribution is -0.115. The second-order valence-electron chi connectivity index (χ2n) is 1.31. The van der Waals surface area contributed by atoms with Gasteiger partial charge in [-0.1, -0.05) is 13.8 Å². The second-order valence-corrected chi connectivity index (χ2v) is 2.48. The summed E-state index contributed by atoms with van der Waals surface area (Å²) in [6.07, 6.45) is 0. The Morgan fingerprint density at radius 1 is 1.56 bits per heavy atom. The first-order valence-corrected chi connectivity index (χ1v) is 3.98. The van der Waals surface area contributed by atoms with Crippen molar-refractivity contribution >= 4 is 22.7 Å². The van der Waals surface area contributed by atoms with Crippen molar-refractivity contribution in [3.63, 3.8) is 0 Å². The fourth-order valence-electron chi connectivity index (χ4n) is 0.406. The van der Waals surface area contributed by atoms with Gasteiger partial charge >= 0.3 is 0 Å². The zero-order chi connectivity index (χ0) is 7.28. The van der Waals surface area contributed by atoms with Crippen molar-refractivity contribution < 1.29 is 4.79 Å². The molecule has 3 heteroatoms. The summed E-state index contributed by atoms with van der Waals surface area (Å²) in [7, 11) is 0. The van der Waals surface area contributed by atoms with Crippen LogP contribution in [0.1, 0.15) is 20.8 Å². The molecule has 52 valence electrons. The highest BCUT2D eigenvalue weighted by Crippen LogP contribution is 2.10. The van der Waals surface area contributed by atoms with Crippen LogP contribution in [0, 0.1) is 0 Å². The van der Waals surface area contributed by atoms with Gasteiger partial charge in [-0.3, -0.25) is 4.79 Å². The van der Waals surface area contributed by atoms with Crippen LogP contribution in [0.4, 0.5) is 0 Å². The van der Waals surface area contributed by atoms with E-state index in [0.29, 0.717) is 5.75 Å². The van der Waals surface area contributed by atoms with Gasteiger partial charge in [-0.15, -0.1) is 11.8 Å². The molecule has 0 fully saturated rings. The molecule has 0 aromatic heterocycles. The number of hydrogen-bond acceptors (Lipinski definition) is 2. The number of nitrogens with zero attached hydrogens (tertiary/aromatic N) is 1. The van der Waals surface area contributed by atoms with E-state index in [-0.39, 0.29) is 5.91 Å². The Kier molecular flexibility index (Phi) is 4.40. The quantitative estimate of drug-likeness (QED) is 0.519. The lowest BCUT2D eigenvalue weighted by Crippen LogP contribution is -1.86. The van der Waals surface area contributed by atoms with Crippen LogP contribution in [0.15, 0.2) is 4.99 Å². The highest BCUT2D eigenvalue weighted by molar-refractivity contribution is 8.14. The minimum Gasteiger partial charge on any atom is -0.272 e. The molecule has 0 aliphatic carbocycles. The van der Waals surface area contributed by atoms with Gasteiger partial charge in [0, 0.05) is 0 Å². The zero-order valence-corrected chi connectivity index (χ0v) is 6.79. The van der Waals surface area contributed by atoms with Crippen molar-refractivity contribution in [3.8, 4) is 0 Å². The summed E-state index contributed by atoms with van der Waals surface area (Å²) in [6.45, 7) is 5.84. The Morgan fingerprint density at radius 3 is 2.22 bits per heavy atom. The molecular formula is C6H11NOS. The molecule has 1 aliphatic rings. The van der Waals surface area contributed by atoms with Crippen LogP contribution in [0.25, 0.3) is 0 Å². The second kappa shape index (κ2) is 4.56. The van der Waals surface area contributed by atoms with Gasteiger partial charge in [-0.2, -0.15) is 0 Å². The first-order chi connectivity index (χ1) is 4.29. The van der Waals surface area contributed by atoms with Crippen molar-refractivity contribution in [2.24, 2.45) is 4.99 Å². The van der Waals surface area contributed by atoms with E-state index in [9.17, 15) is 4.79 Å². The smallest absolute Gasteiger partial charge is 0.256 e. The molecule has 9 heavy (non-hydrogen) atoms. The predicted octanol–water partition coefficient (Wildman–Crippen LogP) is 1.70. The van der Waals surface area contributed by atoms with E-state index in [1.165, 1.54) is 11.8 Å². The number of aliphatic imine (C=N–C) groups is 1. The summed E-state index contributed by atoms with van der Waals surface area (Å²) in [4.78, 5) is 13.9. The molecule has 1 aliphatic heterocycles. The van der Waals surface area contributed by atoms with E-state index >= 15 is 0 Å². The summed E-state index contributed by atoms with van der Waals surface area (Å²) >= 11 is 1.51. The van der Waals surface area contributed by atoms with E-state index in [4.69, 9.17) is 0 Å². The lowest BCUT2D eigenvalue weighted by Gasteiger charge is -1.75. The Hall–Kier alpha value is -0.310. The molecule has 1 heterocycles. The lowest BCUT2D eigenvalue weighted by atomic mass is 10.7. The van der Waals surface area contributed by atoms with E-state index in [1.54, 1.807) is 0 Å². The largest absolute Gasteiger partial charge is 0.272 e. The summed E-state index contributed by atoms with van der Waals surface area (Å²) in [5.74, 6) is 0.550. The van der Waals surface area contributed by atoms with E-state index < -0.39 is 0 Å². The van der Waals surface area contributed by atoms with Crippen molar-refractivity contribution in [3.05, 3.63) is 0 Å². The predicted molar refractivity (Wildman–Crippen MR) is 41.9 cm³/mol. The van der Waals surface area contributed by atoms with Crippen molar-refractivity contribution in [2.75, 3.05) is 5.75 Å². The van der Waals surface area contributed by atoms with Crippen molar-refractivity contribution in [1.82, 2.24) is 0 Å². The average Bonchev–Trinajstić information content (AvgIpc) is 2.20. The van der Waals surface area contributed by atoms with Gasteiger partial charge < -0.3 is 0 Å². The summed E-state index contributed by atoms with van der Waals surface area (Å²) in [5, 5.41) is 0.894. The Labute approximate surface area is 59.7 Å². The standard InChI is InChI=1S/C4H5NOS.C2H6/c1-3-5-4(6)2-7-3;1-2/h2H2,1H3;1-2H3. The molecule has 0 aromatic rings. The fraction of sp³-hybridized carbons (Fsp3) is 0.667. The third-order valence-electron chi connectivity index (χ3n) is 0.687. The van der Waals surface area contributed by atoms with Gasteiger partial charge in [0.1, 0.15) is 0 Å². The third-order valence-corrected chi connectivity index (χ3v) is 1.59. The van der Waals surface area contributed by atoms with Crippen LogP contribution >= 0.6 is 11.8 Å². The number of rotatable bonds is 0. The minimum absolute atomic E-state index is 0.00231. The van der Waals surface area contributed by atoms with Crippen LogP contribution < -0.4 is 0 Å². The minimum atomic E-state index is 0.00231. The number of hydrogen-bond donors (Lipinski definition) is 0. The molecule has 0 N–H and O–H groups in total. The van der Waals surface area contributed by atoms with Crippen molar-refractivity contribution in [2.45, 2.75) is 20.8 Å². The molecule has 1 amide bonds. The van der Waals surface area contributed by atoms with Crippen LogP contribution in [0.5, 0.6) is 0 Å². The van der Waals surface area contributed by atoms with Gasteiger partial charge in [0.2, 0.25) is 0 Å². The maximum atomic E-state index is 10.2. The normalized spacial score (nSPS) is 16.3. The number of carbonyl (C=O) groups is 1. The molecule has 1 rings (SSSR count). The van der Waals surface area contributed by atoms with Crippen LogP contribution in [-0.4, -0.2) is 16.7 Å². The van der Waals surface area contributed by atoms with Crippen LogP contribution in [0.2, 0.25) is 0 Å². The van der Waals surface area contributed by atoms with Crippen LogP contribution in [-0.2, 0) is 4.79 Å². The first-order valence-electron chi connectivity index (χ1n) is 3.00. The molecule has 0 bridgehead atoms. The van der Waals surface area contributed by atoms with Gasteiger partial charge in [-0.05, 0) is 6.92 Å². The molecule has 0 unspecified atom stereocenters. The molecule has 0 aromatic carbocycles. The monoisotopic (exact) mass is 145 g/mol. The number of amides is 1. The van der Waals surface area contributed by atoms with E-state index in [0.717, 1.165) is 5.04 Å². The Morgan fingerprint density at radius 2 is 2.11 bits per heavy atom. The van der Waals surface area contributed by atoms with E-state index in [2.05, 4.69) is 4.99 Å². The highest BCUT2D eigenvalue weighted by atomic mass is 32.2. The van der Waals surface area contributed by atoms with Gasteiger partial charge in [0.25, 0.3) is 5.91 Å². The molecule has 0 radical (unpaired) electrons. The Balaban J connectivity index is 0.000000291. The highest BCUT2D eigenvalue weighted by Gasteiger charge is 2.08. The topological polar surface area (TPSA) is 29.4 Å². The van der Waals surface area contributed by atoms with Crippen LogP contribution in [0.3, 0.4) is 0 Å². The van der Waals surface area contributed by atoms with E-state index in [1.807, 2.05) is 20.8 Å². The summed E-state index contributed by atoms with van der Waals surface area (Å²) in [5.41, 5.74) is 0. The molecule has 2 nitrogen and oxygen atoms in total. The molecule has 0 atom stereocenters. The van der Waals surface area contributed by atoms with Gasteiger partial charge in [0.15, 0.2) is 0 Å². The maximum absolute atomic E-state index is 10.2. The Bertz CT molecular complexity index is 131. The summed E-state index contributed by atoms with van der Waals surface area (Å²) in [6, 6.07) is 0. The first kappa shape index (κ1) is 8.69. The summed E-state index contributed by atoms with van der Waals surface area (Å²) < 4.78 is 0. The van der Waals surface area contributed by atoms with Gasteiger partial charge in [0.05, 0.1) is 10.8 Å². The molecule has 0 saturated heterocycles. The van der Waals surface area contributed by atoms with Gasteiger partial charge in [-0.25, -0.2) is 4.99 Å². The number of carbonyl (C=O) groups excluding carboxylic acids is 1. The fourth-order valence-corrected chi connectivity index (χ4v) is 0.970. The SMILES string of the molecule is CC.CC1=NC(=O)CS1. The van der Waals surface area contributed by atoms with Crippen molar-refractivity contribution in [1.29, 1.82) is 0 Å². The average molecular weight is 145 g/mol. The zero-order valence-electron chi connectivity index (χ0n) is 5.97. The molecule has 0 saturated carbocycles. The third kappa shape index (κ3) is 3.30. The number of thioether (sulfide) groups is 1.